The average Bonchev–Trinajstić information content (AvgIpc) is 2.47. The van der Waals surface area contributed by atoms with Gasteiger partial charge in [0.1, 0.15) is 0 Å². The maximum atomic E-state index is 12.0. The molecule has 0 bridgehead atoms. The molecule has 0 saturated heterocycles. The van der Waals surface area contributed by atoms with Crippen LogP contribution in [0, 0.1) is 18.8 Å². The highest BCUT2D eigenvalue weighted by Gasteiger charge is 2.19. The molecule has 2 aromatic carbocycles. The normalized spacial score (nSPS) is 12.9. The van der Waals surface area contributed by atoms with Gasteiger partial charge in [0.2, 0.25) is 0 Å². The lowest BCUT2D eigenvalue weighted by Crippen LogP contribution is -2.19. The zero-order valence-corrected chi connectivity index (χ0v) is 11.4. The van der Waals surface area contributed by atoms with Gasteiger partial charge in [0.15, 0.2) is 5.78 Å². The van der Waals surface area contributed by atoms with Crippen molar-refractivity contribution in [2.75, 3.05) is 11.9 Å². The second kappa shape index (κ2) is 5.22. The summed E-state index contributed by atoms with van der Waals surface area (Å²) >= 11 is 0. The van der Waals surface area contributed by atoms with E-state index in [-0.39, 0.29) is 5.78 Å². The third kappa shape index (κ3) is 2.44. The molecule has 1 aliphatic heterocycles. The highest BCUT2D eigenvalue weighted by molar-refractivity contribution is 6.04. The third-order valence-corrected chi connectivity index (χ3v) is 3.35. The molecule has 2 nitrogen and oxygen atoms in total. The number of aryl methyl sites for hydroxylation is 1. The van der Waals surface area contributed by atoms with E-state index in [2.05, 4.69) is 17.2 Å². The van der Waals surface area contributed by atoms with Crippen molar-refractivity contribution in [3.05, 3.63) is 64.7 Å². The Bertz CT molecular complexity index is 720. The molecule has 1 aliphatic rings. The van der Waals surface area contributed by atoms with Crippen molar-refractivity contribution in [1.82, 2.24) is 0 Å². The number of anilines is 1. The van der Waals surface area contributed by atoms with Gasteiger partial charge in [-0.2, -0.15) is 0 Å². The molecule has 2 aromatic rings. The minimum atomic E-state index is 0.199. The van der Waals surface area contributed by atoms with Crippen molar-refractivity contribution in [1.29, 1.82) is 0 Å². The summed E-state index contributed by atoms with van der Waals surface area (Å²) in [5.74, 6) is 6.54. The first kappa shape index (κ1) is 12.5. The molecule has 0 aromatic heterocycles. The van der Waals surface area contributed by atoms with Gasteiger partial charge in [-0.1, -0.05) is 30.0 Å². The molecule has 0 fully saturated rings. The Hall–Kier alpha value is -2.53. The van der Waals surface area contributed by atoms with Crippen LogP contribution in [0.25, 0.3) is 0 Å². The van der Waals surface area contributed by atoms with Crippen LogP contribution in [0.5, 0.6) is 0 Å². The third-order valence-electron chi connectivity index (χ3n) is 3.35. The molecule has 1 heterocycles. The number of carbonyl (C=O) groups is 1. The minimum absolute atomic E-state index is 0.199. The summed E-state index contributed by atoms with van der Waals surface area (Å²) in [5, 5.41) is 3.30. The van der Waals surface area contributed by atoms with Crippen molar-refractivity contribution in [3.63, 3.8) is 0 Å². The fourth-order valence-corrected chi connectivity index (χ4v) is 2.39. The molecule has 0 unspecified atom stereocenters. The summed E-state index contributed by atoms with van der Waals surface area (Å²) in [5.41, 5.74) is 4.60. The largest absolute Gasteiger partial charge is 0.383 e. The molecule has 0 amide bonds. The number of ketones is 1. The van der Waals surface area contributed by atoms with Gasteiger partial charge in [0, 0.05) is 29.7 Å². The summed E-state index contributed by atoms with van der Waals surface area (Å²) in [4.78, 5) is 12.0. The van der Waals surface area contributed by atoms with Gasteiger partial charge in [-0.15, -0.1) is 0 Å². The van der Waals surface area contributed by atoms with Crippen molar-refractivity contribution < 1.29 is 4.79 Å². The Morgan fingerprint density at radius 2 is 1.90 bits per heavy atom. The van der Waals surface area contributed by atoms with Gasteiger partial charge in [-0.25, -0.2) is 0 Å². The molecular formula is C18H15NO. The lowest BCUT2D eigenvalue weighted by atomic mass is 9.96. The summed E-state index contributed by atoms with van der Waals surface area (Å²) in [6, 6.07) is 13.8. The fraction of sp³-hybridized carbons (Fsp3) is 0.167. The van der Waals surface area contributed by atoms with Crippen LogP contribution in [0.2, 0.25) is 0 Å². The van der Waals surface area contributed by atoms with Crippen molar-refractivity contribution >= 4 is 11.5 Å². The Morgan fingerprint density at radius 1 is 1.10 bits per heavy atom. The van der Waals surface area contributed by atoms with Gasteiger partial charge in [-0.05, 0) is 36.8 Å². The van der Waals surface area contributed by atoms with E-state index in [0.717, 1.165) is 27.9 Å². The molecule has 3 rings (SSSR count). The highest BCUT2D eigenvalue weighted by atomic mass is 16.1. The molecule has 20 heavy (non-hydrogen) atoms. The number of Topliss-reactive ketones (excluding diaryl/α,β-unsaturated/α-hetero) is 1. The Balaban J connectivity index is 2.07. The number of nitrogens with one attached hydrogen (secondary N) is 1. The van der Waals surface area contributed by atoms with Gasteiger partial charge >= 0.3 is 0 Å². The first-order chi connectivity index (χ1) is 9.74. The maximum Gasteiger partial charge on any atom is 0.166 e. The van der Waals surface area contributed by atoms with Crippen molar-refractivity contribution in [2.45, 2.75) is 13.3 Å². The van der Waals surface area contributed by atoms with Crippen molar-refractivity contribution in [2.24, 2.45) is 0 Å². The minimum Gasteiger partial charge on any atom is -0.383 e. The summed E-state index contributed by atoms with van der Waals surface area (Å²) in [6.45, 7) is 2.69. The lowest BCUT2D eigenvalue weighted by Gasteiger charge is -2.19. The van der Waals surface area contributed by atoms with Crippen LogP contribution in [0.4, 0.5) is 5.69 Å². The van der Waals surface area contributed by atoms with E-state index >= 15 is 0 Å². The molecule has 0 saturated carbocycles. The number of hydrogen-bond acceptors (Lipinski definition) is 2. The molecule has 0 radical (unpaired) electrons. The molecule has 98 valence electrons. The maximum absolute atomic E-state index is 12.0. The zero-order chi connectivity index (χ0) is 13.9. The molecule has 0 aliphatic carbocycles. The molecule has 2 heteroatoms. The van der Waals surface area contributed by atoms with Crippen LogP contribution in [0.1, 0.15) is 33.5 Å². The van der Waals surface area contributed by atoms with E-state index in [1.54, 1.807) is 0 Å². The van der Waals surface area contributed by atoms with E-state index in [1.165, 1.54) is 0 Å². The highest BCUT2D eigenvalue weighted by Crippen LogP contribution is 2.27. The van der Waals surface area contributed by atoms with Crippen LogP contribution < -0.4 is 5.32 Å². The molecule has 0 spiro atoms. The van der Waals surface area contributed by atoms with Crippen LogP contribution in [-0.4, -0.2) is 12.3 Å². The fourth-order valence-electron chi connectivity index (χ4n) is 2.39. The Morgan fingerprint density at radius 3 is 2.70 bits per heavy atom. The number of fused-ring (bicyclic) bond motifs is 1. The monoisotopic (exact) mass is 261 g/mol. The number of rotatable bonds is 0. The smallest absolute Gasteiger partial charge is 0.166 e. The topological polar surface area (TPSA) is 29.1 Å². The van der Waals surface area contributed by atoms with E-state index in [9.17, 15) is 4.79 Å². The molecule has 0 atom stereocenters. The van der Waals surface area contributed by atoms with Crippen LogP contribution in [0.3, 0.4) is 0 Å². The lowest BCUT2D eigenvalue weighted by molar-refractivity contribution is 0.0983. The quantitative estimate of drug-likeness (QED) is 0.736. The van der Waals surface area contributed by atoms with E-state index in [1.807, 2.05) is 49.4 Å². The van der Waals surface area contributed by atoms with Crippen molar-refractivity contribution in [3.8, 4) is 11.8 Å². The first-order valence-corrected chi connectivity index (χ1v) is 6.73. The van der Waals surface area contributed by atoms with Gasteiger partial charge in [0.25, 0.3) is 0 Å². The van der Waals surface area contributed by atoms with E-state index in [0.29, 0.717) is 13.0 Å². The van der Waals surface area contributed by atoms with Gasteiger partial charge in [-0.3, -0.25) is 4.79 Å². The van der Waals surface area contributed by atoms with E-state index in [4.69, 9.17) is 0 Å². The van der Waals surface area contributed by atoms with Crippen LogP contribution in [-0.2, 0) is 0 Å². The zero-order valence-electron chi connectivity index (χ0n) is 11.4. The standard InChI is InChI=1S/C18H15NO/c1-13-11-15(8-7-14-5-3-2-4-6-14)18-16(12-13)17(20)9-10-19-18/h2-6,11-12,19H,9-10H2,1H3. The van der Waals surface area contributed by atoms with Gasteiger partial charge in [0.05, 0.1) is 5.69 Å². The second-order valence-corrected chi connectivity index (χ2v) is 4.95. The first-order valence-electron chi connectivity index (χ1n) is 6.73. The van der Waals surface area contributed by atoms with E-state index < -0.39 is 0 Å². The molecule has 1 N–H and O–H groups in total. The second-order valence-electron chi connectivity index (χ2n) is 4.95. The van der Waals surface area contributed by atoms with Gasteiger partial charge < -0.3 is 5.32 Å². The average molecular weight is 261 g/mol. The summed E-state index contributed by atoms with van der Waals surface area (Å²) in [7, 11) is 0. The predicted octanol–water partition coefficient (Wildman–Crippen LogP) is 3.39. The Labute approximate surface area is 118 Å². The van der Waals surface area contributed by atoms with Crippen LogP contribution >= 0.6 is 0 Å². The molecular weight excluding hydrogens is 246 g/mol. The van der Waals surface area contributed by atoms with Crippen LogP contribution in [0.15, 0.2) is 42.5 Å². The summed E-state index contributed by atoms with van der Waals surface area (Å²) in [6.07, 6.45) is 0.558. The Kier molecular flexibility index (Phi) is 3.26. The predicted molar refractivity (Wildman–Crippen MR) is 81.0 cm³/mol. The summed E-state index contributed by atoms with van der Waals surface area (Å²) < 4.78 is 0. The number of hydrogen-bond donors (Lipinski definition) is 1. The number of carbonyl (C=O) groups excluding carboxylic acids is 1. The SMILES string of the molecule is Cc1cc(C#Cc2ccccc2)c2c(c1)C(=O)CCN2. The number of benzene rings is 2.